The fourth-order valence-electron chi connectivity index (χ4n) is 12.8. The van der Waals surface area contributed by atoms with Gasteiger partial charge in [-0.3, -0.25) is 0 Å². The van der Waals surface area contributed by atoms with Crippen molar-refractivity contribution in [3.05, 3.63) is 220 Å². The molecule has 0 spiro atoms. The molecule has 0 saturated carbocycles. The minimum Gasteiger partial charge on any atom is -0.461 e. The van der Waals surface area contributed by atoms with Gasteiger partial charge in [-0.25, -0.2) is 15.0 Å². The SMILES string of the molecule is CC1=C[C@@H](C)[C@H](C)C(C)=C1c1nc(-c2cccc3c2Oc2ccccc2[Si]3(C2=CCCC=C2)C2=CCCC=C2)nc(C2CC=CC3=C2Oc2ccccc2[Si]3(c2ccccc2)C2C=CC=CC2C)n1. The monoisotopic (exact) mass is 933 g/mol. The normalized spacial score (nSPS) is 26.2. The van der Waals surface area contributed by atoms with E-state index in [4.69, 9.17) is 24.4 Å². The third-order valence-corrected chi connectivity index (χ3v) is 26.7. The smallest absolute Gasteiger partial charge is 0.187 e. The molecule has 1 aromatic heterocycles. The molecular weight excluding hydrogens is 875 g/mol. The van der Waals surface area contributed by atoms with E-state index in [0.29, 0.717) is 35.8 Å². The van der Waals surface area contributed by atoms with Gasteiger partial charge < -0.3 is 9.47 Å². The topological polar surface area (TPSA) is 57.1 Å². The van der Waals surface area contributed by atoms with Crippen LogP contribution in [0, 0.1) is 17.8 Å². The van der Waals surface area contributed by atoms with Crippen LogP contribution in [0.25, 0.3) is 17.0 Å². The maximum absolute atomic E-state index is 7.35. The lowest BCUT2D eigenvalue weighted by Gasteiger charge is -2.47. The molecule has 5 aromatic rings. The van der Waals surface area contributed by atoms with Gasteiger partial charge >= 0.3 is 0 Å². The van der Waals surface area contributed by atoms with Crippen molar-refractivity contribution in [3.8, 4) is 28.6 Å². The van der Waals surface area contributed by atoms with Crippen LogP contribution in [0.4, 0.5) is 0 Å². The summed E-state index contributed by atoms with van der Waals surface area (Å²) in [6, 6.07) is 35.6. The summed E-state index contributed by atoms with van der Waals surface area (Å²) in [5, 5.41) is 9.35. The molecule has 0 fully saturated rings. The Hall–Kier alpha value is -6.68. The number of hydrogen-bond acceptors (Lipinski definition) is 5. The van der Waals surface area contributed by atoms with E-state index in [1.165, 1.54) is 47.5 Å². The Morgan fingerprint density at radius 2 is 1.26 bits per heavy atom. The first-order valence-electron chi connectivity index (χ1n) is 25.2. The highest BCUT2D eigenvalue weighted by molar-refractivity contribution is 7.14. The van der Waals surface area contributed by atoms with Crippen LogP contribution in [0.3, 0.4) is 0 Å². The van der Waals surface area contributed by atoms with Gasteiger partial charge in [0.1, 0.15) is 28.8 Å². The second-order valence-electron chi connectivity index (χ2n) is 20.1. The molecule has 2 aliphatic heterocycles. The maximum atomic E-state index is 7.35. The number of nitrogens with zero attached hydrogens (tertiary/aromatic N) is 3. The summed E-state index contributed by atoms with van der Waals surface area (Å²) in [4.78, 5) is 16.9. The summed E-state index contributed by atoms with van der Waals surface area (Å²) in [7, 11) is -5.69. The number of fused-ring (bicyclic) bond motifs is 3. The first-order valence-corrected chi connectivity index (χ1v) is 29.3. The molecule has 0 amide bonds. The average Bonchev–Trinajstić information content (AvgIpc) is 3.39. The highest BCUT2D eigenvalue weighted by atomic mass is 28.3. The summed E-state index contributed by atoms with van der Waals surface area (Å²) < 4.78 is 14.6. The van der Waals surface area contributed by atoms with Crippen LogP contribution in [0.1, 0.15) is 84.3 Å². The zero-order valence-corrected chi connectivity index (χ0v) is 42.3. The first-order chi connectivity index (χ1) is 33.8. The van der Waals surface area contributed by atoms with Crippen molar-refractivity contribution in [1.82, 2.24) is 15.0 Å². The molecule has 4 unspecified atom stereocenters. The molecule has 342 valence electrons. The summed E-state index contributed by atoms with van der Waals surface area (Å²) in [5.74, 6) is 6.52. The molecular formula is C62H59N3O2Si2. The Morgan fingerprint density at radius 3 is 1.99 bits per heavy atom. The van der Waals surface area contributed by atoms with Gasteiger partial charge in [0.2, 0.25) is 0 Å². The quantitative estimate of drug-likeness (QED) is 0.152. The number of aromatic nitrogens is 3. The van der Waals surface area contributed by atoms with Crippen LogP contribution >= 0.6 is 0 Å². The van der Waals surface area contributed by atoms with E-state index in [1.807, 2.05) is 0 Å². The standard InChI is InChI=1S/C62H59N3O2Si2/c1-40-23-15-18-34-52(40)69(47-28-13-8-14-29-47)54-36-20-17-33-51(54)67-59-49(31-22-38-56(59)69)61-63-60(64-62(65-61)57-42(3)39-41(2)43(4)44(57)5)48-30-21-37-55-58(48)66-50-32-16-19-35-53(50)68(55,45-24-9-6-10-25-45)46-26-11-7-12-27-46/h8-9,11,13-30,32-41,43,49,52H,6-7,10,12,31H2,1-5H3/t40?,41-,43+,49?,52?,69?/m1/s1. The lowest BCUT2D eigenvalue weighted by molar-refractivity contribution is 0.371. The van der Waals surface area contributed by atoms with E-state index in [2.05, 4.69) is 211 Å². The minimum atomic E-state index is -2.85. The number of allylic oxidation sites excluding steroid dienone is 20. The Kier molecular flexibility index (Phi) is 11.0. The third kappa shape index (κ3) is 6.79. The van der Waals surface area contributed by atoms with Crippen molar-refractivity contribution < 1.29 is 9.47 Å². The second-order valence-corrected chi connectivity index (χ2v) is 27.8. The first kappa shape index (κ1) is 43.6. The van der Waals surface area contributed by atoms with Crippen LogP contribution in [-0.4, -0.2) is 31.1 Å². The molecule has 4 aromatic carbocycles. The summed E-state index contributed by atoms with van der Waals surface area (Å²) in [5.41, 5.74) is 4.75. The molecule has 5 aliphatic carbocycles. The molecule has 69 heavy (non-hydrogen) atoms. The Morgan fingerprint density at radius 1 is 0.594 bits per heavy atom. The predicted octanol–water partition coefficient (Wildman–Crippen LogP) is 12.5. The zero-order valence-electron chi connectivity index (χ0n) is 40.3. The second kappa shape index (κ2) is 17.4. The largest absolute Gasteiger partial charge is 0.461 e. The summed E-state index contributed by atoms with van der Waals surface area (Å²) in [6.45, 7) is 11.5. The molecule has 7 aliphatic rings. The Balaban J connectivity index is 1.12. The lowest BCUT2D eigenvalue weighted by Crippen LogP contribution is -2.66. The van der Waals surface area contributed by atoms with E-state index in [-0.39, 0.29) is 11.5 Å². The number of benzene rings is 4. The number of ether oxygens (including phenoxy) is 2. The van der Waals surface area contributed by atoms with Crippen LogP contribution in [0.5, 0.6) is 17.2 Å². The molecule has 0 radical (unpaired) electrons. The van der Waals surface area contributed by atoms with Crippen LogP contribution in [0.2, 0.25) is 5.54 Å². The van der Waals surface area contributed by atoms with Crippen molar-refractivity contribution in [2.45, 2.75) is 78.2 Å². The van der Waals surface area contributed by atoms with Gasteiger partial charge in [0, 0.05) is 5.57 Å². The van der Waals surface area contributed by atoms with Gasteiger partial charge in [-0.15, -0.1) is 0 Å². The average molecular weight is 934 g/mol. The van der Waals surface area contributed by atoms with E-state index >= 15 is 0 Å². The molecule has 0 N–H and O–H groups in total. The molecule has 3 heterocycles. The lowest BCUT2D eigenvalue weighted by atomic mass is 9.78. The van der Waals surface area contributed by atoms with Gasteiger partial charge in [-0.05, 0) is 129 Å². The maximum Gasteiger partial charge on any atom is 0.187 e. The van der Waals surface area contributed by atoms with E-state index in [0.717, 1.165) is 65.7 Å². The highest BCUT2D eigenvalue weighted by Crippen LogP contribution is 2.50. The molecule has 7 heteroatoms. The Labute approximate surface area is 409 Å². The Bertz CT molecular complexity index is 3220. The summed E-state index contributed by atoms with van der Waals surface area (Å²) in [6.07, 6.45) is 35.9. The fourth-order valence-corrected chi connectivity index (χ4v) is 24.0. The zero-order chi connectivity index (χ0) is 46.9. The fraction of sp³-hybridized carbons (Fsp3) is 0.242. The number of para-hydroxylation sites is 3. The van der Waals surface area contributed by atoms with Gasteiger partial charge in [0.25, 0.3) is 0 Å². The molecule has 12 rings (SSSR count). The van der Waals surface area contributed by atoms with Crippen molar-refractivity contribution >= 4 is 42.5 Å². The number of hydrogen-bond donors (Lipinski definition) is 0. The van der Waals surface area contributed by atoms with Gasteiger partial charge in [-0.1, -0.05) is 184 Å². The van der Waals surface area contributed by atoms with Crippen LogP contribution < -0.4 is 30.2 Å². The summed E-state index contributed by atoms with van der Waals surface area (Å²) >= 11 is 0. The molecule has 0 saturated heterocycles. The van der Waals surface area contributed by atoms with Crippen LogP contribution in [0.15, 0.2) is 209 Å². The number of rotatable bonds is 7. The van der Waals surface area contributed by atoms with Gasteiger partial charge in [-0.2, -0.15) is 0 Å². The van der Waals surface area contributed by atoms with Gasteiger partial charge in [0.15, 0.2) is 27.8 Å². The van der Waals surface area contributed by atoms with E-state index in [1.54, 1.807) is 0 Å². The van der Waals surface area contributed by atoms with Crippen molar-refractivity contribution in [2.75, 3.05) is 0 Å². The third-order valence-electron chi connectivity index (χ3n) is 16.3. The van der Waals surface area contributed by atoms with Crippen molar-refractivity contribution in [2.24, 2.45) is 17.8 Å². The molecule has 6 atom stereocenters. The van der Waals surface area contributed by atoms with E-state index in [9.17, 15) is 0 Å². The van der Waals surface area contributed by atoms with E-state index < -0.39 is 16.1 Å². The van der Waals surface area contributed by atoms with Gasteiger partial charge in [0.05, 0.1) is 11.5 Å². The molecule has 0 bridgehead atoms. The predicted molar refractivity (Wildman–Crippen MR) is 288 cm³/mol. The van der Waals surface area contributed by atoms with Crippen LogP contribution in [-0.2, 0) is 0 Å². The highest BCUT2D eigenvalue weighted by Gasteiger charge is 2.55. The van der Waals surface area contributed by atoms with Crippen molar-refractivity contribution in [1.29, 1.82) is 0 Å². The van der Waals surface area contributed by atoms with Crippen molar-refractivity contribution in [3.63, 3.8) is 0 Å². The minimum absolute atomic E-state index is 0.252. The molecule has 5 nitrogen and oxygen atoms in total.